The van der Waals surface area contributed by atoms with E-state index < -0.39 is 0 Å². The number of likely N-dealkylation sites (tertiary alicyclic amines) is 1. The lowest BCUT2D eigenvalue weighted by atomic mass is 9.99. The van der Waals surface area contributed by atoms with Gasteiger partial charge in [-0.25, -0.2) is 0 Å². The molecule has 0 spiro atoms. The first-order chi connectivity index (χ1) is 9.78. The minimum absolute atomic E-state index is 0.696. The first-order valence-corrected chi connectivity index (χ1v) is 7.78. The monoisotopic (exact) mass is 276 g/mol. The van der Waals surface area contributed by atoms with E-state index in [-0.39, 0.29) is 0 Å². The van der Waals surface area contributed by atoms with E-state index in [4.69, 9.17) is 4.74 Å². The Bertz CT molecular complexity index is 369. The second kappa shape index (κ2) is 8.40. The highest BCUT2D eigenvalue weighted by Gasteiger charge is 2.14. The van der Waals surface area contributed by atoms with Crippen molar-refractivity contribution in [2.75, 3.05) is 33.3 Å². The Hall–Kier alpha value is -0.900. The summed E-state index contributed by atoms with van der Waals surface area (Å²) in [6.45, 7) is 8.81. The molecule has 3 heteroatoms. The van der Waals surface area contributed by atoms with Crippen LogP contribution in [0.5, 0.6) is 0 Å². The fraction of sp³-hybridized carbons (Fsp3) is 0.647. The molecule has 0 aromatic heterocycles. The molecular weight excluding hydrogens is 248 g/mol. The second-order valence-corrected chi connectivity index (χ2v) is 5.95. The van der Waals surface area contributed by atoms with Crippen LogP contribution in [0, 0.1) is 5.92 Å². The standard InChI is InChI=1S/C17H28N2O/c1-15-7-10-19(11-8-15)12-9-18-13-16-3-5-17(6-4-16)14-20-2/h3-6,15,18H,7-14H2,1-2H3. The van der Waals surface area contributed by atoms with Crippen LogP contribution < -0.4 is 5.32 Å². The number of benzene rings is 1. The van der Waals surface area contributed by atoms with E-state index in [0.717, 1.165) is 19.0 Å². The van der Waals surface area contributed by atoms with Crippen molar-refractivity contribution in [1.82, 2.24) is 10.2 Å². The molecule has 0 atom stereocenters. The van der Waals surface area contributed by atoms with E-state index >= 15 is 0 Å². The fourth-order valence-electron chi connectivity index (χ4n) is 2.68. The van der Waals surface area contributed by atoms with Gasteiger partial charge in [0.1, 0.15) is 0 Å². The largest absolute Gasteiger partial charge is 0.380 e. The molecule has 3 nitrogen and oxygen atoms in total. The van der Waals surface area contributed by atoms with Crippen LogP contribution in [-0.2, 0) is 17.9 Å². The molecule has 1 aliphatic heterocycles. The van der Waals surface area contributed by atoms with Crippen LogP contribution in [0.25, 0.3) is 0 Å². The highest BCUT2D eigenvalue weighted by atomic mass is 16.5. The molecule has 1 aromatic rings. The number of hydrogen-bond acceptors (Lipinski definition) is 3. The summed E-state index contributed by atoms with van der Waals surface area (Å²) in [6.07, 6.45) is 2.72. The number of ether oxygens (including phenoxy) is 1. The SMILES string of the molecule is COCc1ccc(CNCCN2CCC(C)CC2)cc1. The predicted octanol–water partition coefficient (Wildman–Crippen LogP) is 2.65. The maximum atomic E-state index is 5.12. The molecule has 0 amide bonds. The Balaban J connectivity index is 1.60. The molecule has 0 saturated carbocycles. The summed E-state index contributed by atoms with van der Waals surface area (Å²) < 4.78 is 5.12. The fourth-order valence-corrected chi connectivity index (χ4v) is 2.68. The lowest BCUT2D eigenvalue weighted by Gasteiger charge is -2.30. The van der Waals surface area contributed by atoms with Crippen molar-refractivity contribution in [3.05, 3.63) is 35.4 Å². The molecule has 0 radical (unpaired) electrons. The molecule has 1 fully saturated rings. The Morgan fingerprint density at radius 2 is 1.80 bits per heavy atom. The zero-order valence-electron chi connectivity index (χ0n) is 12.9. The van der Waals surface area contributed by atoms with Crippen LogP contribution in [-0.4, -0.2) is 38.2 Å². The minimum Gasteiger partial charge on any atom is -0.380 e. The van der Waals surface area contributed by atoms with Gasteiger partial charge in [0.2, 0.25) is 0 Å². The van der Waals surface area contributed by atoms with Gasteiger partial charge < -0.3 is 15.0 Å². The second-order valence-electron chi connectivity index (χ2n) is 5.95. The molecule has 112 valence electrons. The molecule has 0 unspecified atom stereocenters. The van der Waals surface area contributed by atoms with Gasteiger partial charge in [-0.2, -0.15) is 0 Å². The summed E-state index contributed by atoms with van der Waals surface area (Å²) in [5.41, 5.74) is 2.58. The molecule has 1 aliphatic rings. The van der Waals surface area contributed by atoms with Gasteiger partial charge in [0.05, 0.1) is 6.61 Å². The van der Waals surface area contributed by atoms with Crippen LogP contribution in [0.3, 0.4) is 0 Å². The summed E-state index contributed by atoms with van der Waals surface area (Å²) in [4.78, 5) is 2.58. The van der Waals surface area contributed by atoms with E-state index in [2.05, 4.69) is 41.4 Å². The third kappa shape index (κ3) is 5.23. The van der Waals surface area contributed by atoms with Crippen LogP contribution >= 0.6 is 0 Å². The van der Waals surface area contributed by atoms with Crippen molar-refractivity contribution in [2.24, 2.45) is 5.92 Å². The molecular formula is C17H28N2O. The summed E-state index contributed by atoms with van der Waals surface area (Å²) in [6, 6.07) is 8.66. The summed E-state index contributed by atoms with van der Waals surface area (Å²) >= 11 is 0. The van der Waals surface area contributed by atoms with Gasteiger partial charge in [-0.15, -0.1) is 0 Å². The van der Waals surface area contributed by atoms with Crippen molar-refractivity contribution in [3.63, 3.8) is 0 Å². The summed E-state index contributed by atoms with van der Waals surface area (Å²) in [7, 11) is 1.73. The van der Waals surface area contributed by atoms with Gasteiger partial charge >= 0.3 is 0 Å². The Morgan fingerprint density at radius 3 is 2.45 bits per heavy atom. The van der Waals surface area contributed by atoms with Crippen molar-refractivity contribution in [2.45, 2.75) is 32.9 Å². The highest BCUT2D eigenvalue weighted by molar-refractivity contribution is 5.21. The van der Waals surface area contributed by atoms with Gasteiger partial charge in [0.25, 0.3) is 0 Å². The third-order valence-electron chi connectivity index (χ3n) is 4.14. The van der Waals surface area contributed by atoms with Crippen LogP contribution in [0.2, 0.25) is 0 Å². The van der Waals surface area contributed by atoms with Crippen molar-refractivity contribution in [3.8, 4) is 0 Å². The van der Waals surface area contributed by atoms with Gasteiger partial charge in [0.15, 0.2) is 0 Å². The topological polar surface area (TPSA) is 24.5 Å². The predicted molar refractivity (Wildman–Crippen MR) is 83.7 cm³/mol. The Labute approximate surface area is 123 Å². The lowest BCUT2D eigenvalue weighted by Crippen LogP contribution is -2.37. The maximum absolute atomic E-state index is 5.12. The van der Waals surface area contributed by atoms with E-state index in [9.17, 15) is 0 Å². The van der Waals surface area contributed by atoms with E-state index in [1.165, 1.54) is 43.6 Å². The first-order valence-electron chi connectivity index (χ1n) is 7.78. The average Bonchev–Trinajstić information content (AvgIpc) is 2.47. The molecule has 0 bridgehead atoms. The number of methoxy groups -OCH3 is 1. The molecule has 1 N–H and O–H groups in total. The highest BCUT2D eigenvalue weighted by Crippen LogP contribution is 2.15. The maximum Gasteiger partial charge on any atom is 0.0713 e. The average molecular weight is 276 g/mol. The third-order valence-corrected chi connectivity index (χ3v) is 4.14. The quantitative estimate of drug-likeness (QED) is 0.775. The van der Waals surface area contributed by atoms with Crippen LogP contribution in [0.1, 0.15) is 30.9 Å². The van der Waals surface area contributed by atoms with E-state index in [1.54, 1.807) is 7.11 Å². The molecule has 1 saturated heterocycles. The summed E-state index contributed by atoms with van der Waals surface area (Å²) in [5, 5.41) is 3.54. The molecule has 0 aliphatic carbocycles. The van der Waals surface area contributed by atoms with E-state index in [0.29, 0.717) is 6.61 Å². The first kappa shape index (κ1) is 15.5. The van der Waals surface area contributed by atoms with Crippen LogP contribution in [0.4, 0.5) is 0 Å². The van der Waals surface area contributed by atoms with Gasteiger partial charge in [-0.1, -0.05) is 31.2 Å². The smallest absolute Gasteiger partial charge is 0.0713 e. The molecule has 1 aromatic carbocycles. The zero-order chi connectivity index (χ0) is 14.2. The Morgan fingerprint density at radius 1 is 1.15 bits per heavy atom. The number of piperidine rings is 1. The van der Waals surface area contributed by atoms with Crippen molar-refractivity contribution >= 4 is 0 Å². The van der Waals surface area contributed by atoms with E-state index in [1.807, 2.05) is 0 Å². The van der Waals surface area contributed by atoms with Crippen molar-refractivity contribution in [1.29, 1.82) is 0 Å². The van der Waals surface area contributed by atoms with Gasteiger partial charge in [-0.3, -0.25) is 0 Å². The summed E-state index contributed by atoms with van der Waals surface area (Å²) in [5.74, 6) is 0.921. The van der Waals surface area contributed by atoms with Gasteiger partial charge in [-0.05, 0) is 43.0 Å². The molecule has 2 rings (SSSR count). The lowest BCUT2D eigenvalue weighted by molar-refractivity contribution is 0.185. The normalized spacial score (nSPS) is 17.5. The Kier molecular flexibility index (Phi) is 6.51. The van der Waals surface area contributed by atoms with Crippen molar-refractivity contribution < 1.29 is 4.74 Å². The number of hydrogen-bond donors (Lipinski definition) is 1. The number of nitrogens with zero attached hydrogens (tertiary/aromatic N) is 1. The van der Waals surface area contributed by atoms with Crippen LogP contribution in [0.15, 0.2) is 24.3 Å². The van der Waals surface area contributed by atoms with Gasteiger partial charge in [0, 0.05) is 26.7 Å². The zero-order valence-corrected chi connectivity index (χ0v) is 12.9. The molecule has 20 heavy (non-hydrogen) atoms. The minimum atomic E-state index is 0.696. The number of nitrogens with one attached hydrogen (secondary N) is 1. The molecule has 1 heterocycles. The number of rotatable bonds is 7.